The van der Waals surface area contributed by atoms with Gasteiger partial charge in [-0.2, -0.15) is 4.31 Å². The zero-order valence-corrected chi connectivity index (χ0v) is 14.7. The third-order valence-electron chi connectivity index (χ3n) is 4.33. The Hall–Kier alpha value is -1.55. The van der Waals surface area contributed by atoms with Gasteiger partial charge in [0.2, 0.25) is 15.9 Å². The van der Waals surface area contributed by atoms with E-state index in [1.807, 2.05) is 0 Å². The van der Waals surface area contributed by atoms with Gasteiger partial charge in [0.15, 0.2) is 0 Å². The summed E-state index contributed by atoms with van der Waals surface area (Å²) in [5, 5.41) is 12.2. The van der Waals surface area contributed by atoms with Gasteiger partial charge in [0, 0.05) is 19.6 Å². The van der Waals surface area contributed by atoms with Crippen LogP contribution in [0.5, 0.6) is 0 Å². The van der Waals surface area contributed by atoms with Crippen LogP contribution in [0.2, 0.25) is 0 Å². The quantitative estimate of drug-likeness (QED) is 0.625. The molecule has 0 aromatic heterocycles. The lowest BCUT2D eigenvalue weighted by atomic mass is 9.98. The van der Waals surface area contributed by atoms with Crippen molar-refractivity contribution in [1.82, 2.24) is 9.62 Å². The topological polar surface area (TPSA) is 113 Å². The van der Waals surface area contributed by atoms with Gasteiger partial charge in [-0.3, -0.25) is 4.79 Å². The number of nitrogens with one attached hydrogen (secondary N) is 1. The predicted molar refractivity (Wildman–Crippen MR) is 90.6 cm³/mol. The number of halogens is 1. The van der Waals surface area contributed by atoms with Gasteiger partial charge in [0.1, 0.15) is 11.9 Å². The van der Waals surface area contributed by atoms with Crippen LogP contribution < -0.4 is 11.1 Å². The van der Waals surface area contributed by atoms with Crippen LogP contribution in [0.15, 0.2) is 29.2 Å². The highest BCUT2D eigenvalue weighted by Gasteiger charge is 2.29. The zero-order valence-electron chi connectivity index (χ0n) is 13.9. The minimum atomic E-state index is -3.63. The standard InChI is InChI=1S/C16H24FN3O4S/c17-13-1-3-14(4-2-13)25(23,24)20-9-6-12(7-10-20)11-19-16(22)15(21)5-8-18/h1-4,12,15,21H,5-11,18H2,(H,19,22). The number of nitrogens with two attached hydrogens (primary N) is 1. The van der Waals surface area contributed by atoms with Crippen molar-refractivity contribution >= 4 is 15.9 Å². The number of aliphatic hydroxyl groups excluding tert-OH is 1. The molecule has 0 aliphatic carbocycles. The summed E-state index contributed by atoms with van der Waals surface area (Å²) < 4.78 is 39.4. The summed E-state index contributed by atoms with van der Waals surface area (Å²) in [4.78, 5) is 11.7. The molecule has 25 heavy (non-hydrogen) atoms. The van der Waals surface area contributed by atoms with Gasteiger partial charge in [-0.15, -0.1) is 0 Å². The van der Waals surface area contributed by atoms with Crippen molar-refractivity contribution in [3.05, 3.63) is 30.1 Å². The van der Waals surface area contributed by atoms with Crippen LogP contribution in [-0.4, -0.2) is 56.0 Å². The third kappa shape index (κ3) is 5.21. The Labute approximate surface area is 147 Å². The first-order valence-electron chi connectivity index (χ1n) is 8.26. The maximum Gasteiger partial charge on any atom is 0.248 e. The Morgan fingerprint density at radius 2 is 1.92 bits per heavy atom. The molecule has 0 radical (unpaired) electrons. The van der Waals surface area contributed by atoms with E-state index >= 15 is 0 Å². The van der Waals surface area contributed by atoms with Gasteiger partial charge in [-0.25, -0.2) is 12.8 Å². The summed E-state index contributed by atoms with van der Waals surface area (Å²) in [7, 11) is -3.63. The smallest absolute Gasteiger partial charge is 0.248 e. The number of piperidine rings is 1. The fourth-order valence-corrected chi connectivity index (χ4v) is 4.23. The summed E-state index contributed by atoms with van der Waals surface area (Å²) in [5.41, 5.74) is 5.30. The molecule has 1 unspecified atom stereocenters. The summed E-state index contributed by atoms with van der Waals surface area (Å²) in [6.07, 6.45) is 0.311. The predicted octanol–water partition coefficient (Wildman–Crippen LogP) is 0.0523. The van der Waals surface area contributed by atoms with Crippen molar-refractivity contribution in [1.29, 1.82) is 0 Å². The normalized spacial score (nSPS) is 18.0. The molecule has 1 amide bonds. The van der Waals surface area contributed by atoms with E-state index in [1.54, 1.807) is 0 Å². The van der Waals surface area contributed by atoms with E-state index in [1.165, 1.54) is 16.4 Å². The Balaban J connectivity index is 1.85. The lowest BCUT2D eigenvalue weighted by molar-refractivity contribution is -0.129. The Kier molecular flexibility index (Phi) is 6.88. The van der Waals surface area contributed by atoms with Gasteiger partial charge in [-0.05, 0) is 56.0 Å². The molecule has 0 spiro atoms. The summed E-state index contributed by atoms with van der Waals surface area (Å²) in [6.45, 7) is 1.30. The van der Waals surface area contributed by atoms with Crippen molar-refractivity contribution < 1.29 is 22.7 Å². The first kappa shape index (κ1) is 19.8. The highest BCUT2D eigenvalue weighted by molar-refractivity contribution is 7.89. The zero-order chi connectivity index (χ0) is 18.4. The molecule has 1 heterocycles. The highest BCUT2D eigenvalue weighted by Crippen LogP contribution is 2.23. The second kappa shape index (κ2) is 8.70. The van der Waals surface area contributed by atoms with Gasteiger partial charge >= 0.3 is 0 Å². The average Bonchev–Trinajstić information content (AvgIpc) is 2.60. The van der Waals surface area contributed by atoms with E-state index in [0.29, 0.717) is 32.5 Å². The molecular weight excluding hydrogens is 349 g/mol. The molecule has 2 rings (SSSR count). The fraction of sp³-hybridized carbons (Fsp3) is 0.562. The number of amides is 1. The van der Waals surface area contributed by atoms with Gasteiger partial charge in [0.25, 0.3) is 0 Å². The lowest BCUT2D eigenvalue weighted by Crippen LogP contribution is -2.43. The molecular formula is C16H24FN3O4S. The van der Waals surface area contributed by atoms with E-state index in [2.05, 4.69) is 5.32 Å². The Morgan fingerprint density at radius 3 is 2.48 bits per heavy atom. The molecule has 0 bridgehead atoms. The molecule has 1 aromatic rings. The van der Waals surface area contributed by atoms with Gasteiger partial charge < -0.3 is 16.2 Å². The number of rotatable bonds is 7. The Bertz CT molecular complexity index is 673. The molecule has 7 nitrogen and oxygen atoms in total. The van der Waals surface area contributed by atoms with Crippen LogP contribution in [0.25, 0.3) is 0 Å². The molecule has 1 saturated heterocycles. The molecule has 9 heteroatoms. The Morgan fingerprint density at radius 1 is 1.32 bits per heavy atom. The monoisotopic (exact) mass is 373 g/mol. The van der Waals surface area contributed by atoms with Crippen LogP contribution in [0.4, 0.5) is 4.39 Å². The van der Waals surface area contributed by atoms with Crippen LogP contribution in [0.1, 0.15) is 19.3 Å². The SMILES string of the molecule is NCCC(O)C(=O)NCC1CCN(S(=O)(=O)c2ccc(F)cc2)CC1. The minimum absolute atomic E-state index is 0.0746. The molecule has 4 N–H and O–H groups in total. The molecule has 0 saturated carbocycles. The first-order chi connectivity index (χ1) is 11.8. The third-order valence-corrected chi connectivity index (χ3v) is 6.25. The second-order valence-corrected chi connectivity index (χ2v) is 8.08. The maximum atomic E-state index is 13.0. The molecule has 1 aliphatic heterocycles. The maximum absolute atomic E-state index is 13.0. The number of hydrogen-bond acceptors (Lipinski definition) is 5. The van der Waals surface area contributed by atoms with Gasteiger partial charge in [-0.1, -0.05) is 0 Å². The van der Waals surface area contributed by atoms with Crippen molar-refractivity contribution in [2.24, 2.45) is 11.7 Å². The van der Waals surface area contributed by atoms with Crippen molar-refractivity contribution in [2.75, 3.05) is 26.2 Å². The summed E-state index contributed by atoms with van der Waals surface area (Å²) >= 11 is 0. The number of benzene rings is 1. The van der Waals surface area contributed by atoms with E-state index in [0.717, 1.165) is 12.1 Å². The second-order valence-electron chi connectivity index (χ2n) is 6.14. The molecule has 140 valence electrons. The number of hydrogen-bond donors (Lipinski definition) is 3. The number of sulfonamides is 1. The highest BCUT2D eigenvalue weighted by atomic mass is 32.2. The summed E-state index contributed by atoms with van der Waals surface area (Å²) in [6, 6.07) is 4.77. The van der Waals surface area contributed by atoms with E-state index in [4.69, 9.17) is 5.73 Å². The lowest BCUT2D eigenvalue weighted by Gasteiger charge is -2.31. The number of nitrogens with zero attached hydrogens (tertiary/aromatic N) is 1. The minimum Gasteiger partial charge on any atom is -0.383 e. The number of carbonyl (C=O) groups is 1. The van der Waals surface area contributed by atoms with Crippen molar-refractivity contribution in [2.45, 2.75) is 30.3 Å². The van der Waals surface area contributed by atoms with Crippen LogP contribution >= 0.6 is 0 Å². The molecule has 1 aliphatic rings. The number of aliphatic hydroxyl groups is 1. The molecule has 1 aromatic carbocycles. The van der Waals surface area contributed by atoms with E-state index < -0.39 is 27.9 Å². The van der Waals surface area contributed by atoms with Crippen LogP contribution in [0, 0.1) is 11.7 Å². The fourth-order valence-electron chi connectivity index (χ4n) is 2.76. The van der Waals surface area contributed by atoms with E-state index in [9.17, 15) is 22.7 Å². The molecule has 1 fully saturated rings. The number of carbonyl (C=O) groups excluding carboxylic acids is 1. The van der Waals surface area contributed by atoms with E-state index in [-0.39, 0.29) is 23.8 Å². The molecule has 1 atom stereocenters. The summed E-state index contributed by atoms with van der Waals surface area (Å²) in [5.74, 6) is -0.786. The van der Waals surface area contributed by atoms with Gasteiger partial charge in [0.05, 0.1) is 4.90 Å². The average molecular weight is 373 g/mol. The van der Waals surface area contributed by atoms with Crippen molar-refractivity contribution in [3.63, 3.8) is 0 Å². The largest absolute Gasteiger partial charge is 0.383 e. The van der Waals surface area contributed by atoms with Crippen LogP contribution in [0.3, 0.4) is 0 Å². The van der Waals surface area contributed by atoms with Crippen molar-refractivity contribution in [3.8, 4) is 0 Å². The first-order valence-corrected chi connectivity index (χ1v) is 9.70. The van der Waals surface area contributed by atoms with Crippen LogP contribution in [-0.2, 0) is 14.8 Å².